The Kier molecular flexibility index (Phi) is 5.22. The van der Waals surface area contributed by atoms with E-state index < -0.39 is 0 Å². The first-order chi connectivity index (χ1) is 8.24. The fourth-order valence-electron chi connectivity index (χ4n) is 2.77. The fourth-order valence-corrected chi connectivity index (χ4v) is 2.77. The van der Waals surface area contributed by atoms with Gasteiger partial charge in [0.2, 0.25) is 0 Å². The van der Waals surface area contributed by atoms with Crippen LogP contribution < -0.4 is 5.32 Å². The molecule has 0 aromatic carbocycles. The summed E-state index contributed by atoms with van der Waals surface area (Å²) in [7, 11) is 0. The second-order valence-corrected chi connectivity index (χ2v) is 5.36. The van der Waals surface area contributed by atoms with Gasteiger partial charge >= 0.3 is 0 Å². The van der Waals surface area contributed by atoms with Crippen molar-refractivity contribution >= 4 is 0 Å². The fraction of sp³-hybridized carbons (Fsp3) is 1.00. The molecule has 2 saturated heterocycles. The molecule has 2 heterocycles. The number of morpholine rings is 1. The van der Waals surface area contributed by atoms with Crippen LogP contribution in [0.15, 0.2) is 0 Å². The standard InChI is InChI=1S/C13H26N2O2/c1-11-9-15(10-12(2)17-11)6-5-14-8-13-4-3-7-16-13/h11-14H,3-10H2,1-2H3. The number of rotatable bonds is 5. The molecule has 2 aliphatic rings. The summed E-state index contributed by atoms with van der Waals surface area (Å²) in [6, 6.07) is 0. The maximum atomic E-state index is 5.72. The van der Waals surface area contributed by atoms with E-state index in [9.17, 15) is 0 Å². The molecule has 2 fully saturated rings. The molecule has 0 aromatic rings. The van der Waals surface area contributed by atoms with Crippen LogP contribution in [0, 0.1) is 0 Å². The van der Waals surface area contributed by atoms with Crippen molar-refractivity contribution in [3.8, 4) is 0 Å². The van der Waals surface area contributed by atoms with E-state index in [-0.39, 0.29) is 0 Å². The summed E-state index contributed by atoms with van der Waals surface area (Å²) in [5.41, 5.74) is 0. The minimum Gasteiger partial charge on any atom is -0.377 e. The van der Waals surface area contributed by atoms with E-state index in [1.165, 1.54) is 12.8 Å². The molecule has 2 aliphatic heterocycles. The molecule has 100 valence electrons. The van der Waals surface area contributed by atoms with Gasteiger partial charge in [-0.15, -0.1) is 0 Å². The van der Waals surface area contributed by atoms with E-state index in [1.807, 2.05) is 0 Å². The van der Waals surface area contributed by atoms with Crippen LogP contribution in [-0.4, -0.2) is 62.5 Å². The van der Waals surface area contributed by atoms with Crippen molar-refractivity contribution in [2.75, 3.05) is 39.3 Å². The Morgan fingerprint density at radius 3 is 2.65 bits per heavy atom. The Balaban J connectivity index is 1.54. The molecule has 0 bridgehead atoms. The van der Waals surface area contributed by atoms with E-state index in [2.05, 4.69) is 24.1 Å². The third-order valence-electron chi connectivity index (χ3n) is 3.50. The summed E-state index contributed by atoms with van der Waals surface area (Å²) in [6.45, 7) is 10.6. The molecule has 0 amide bonds. The predicted molar refractivity (Wildman–Crippen MR) is 68.3 cm³/mol. The first-order valence-corrected chi connectivity index (χ1v) is 6.94. The molecule has 3 unspecified atom stereocenters. The lowest BCUT2D eigenvalue weighted by Crippen LogP contribution is -2.47. The molecule has 0 spiro atoms. The normalized spacial score (nSPS) is 35.3. The van der Waals surface area contributed by atoms with E-state index in [4.69, 9.17) is 9.47 Å². The summed E-state index contributed by atoms with van der Waals surface area (Å²) in [5.74, 6) is 0. The van der Waals surface area contributed by atoms with E-state index >= 15 is 0 Å². The molecular weight excluding hydrogens is 216 g/mol. The van der Waals surface area contributed by atoms with Gasteiger partial charge in [-0.3, -0.25) is 4.90 Å². The summed E-state index contributed by atoms with van der Waals surface area (Å²) in [5, 5.41) is 3.50. The molecule has 0 radical (unpaired) electrons. The zero-order valence-electron chi connectivity index (χ0n) is 11.2. The van der Waals surface area contributed by atoms with Crippen LogP contribution in [-0.2, 0) is 9.47 Å². The van der Waals surface area contributed by atoms with E-state index in [0.717, 1.165) is 39.3 Å². The Hall–Kier alpha value is -0.160. The molecule has 4 nitrogen and oxygen atoms in total. The zero-order chi connectivity index (χ0) is 12.1. The zero-order valence-corrected chi connectivity index (χ0v) is 11.2. The van der Waals surface area contributed by atoms with Crippen LogP contribution in [0.1, 0.15) is 26.7 Å². The summed E-state index contributed by atoms with van der Waals surface area (Å²) >= 11 is 0. The number of hydrogen-bond acceptors (Lipinski definition) is 4. The van der Waals surface area contributed by atoms with Gasteiger partial charge in [-0.05, 0) is 26.7 Å². The van der Waals surface area contributed by atoms with Crippen LogP contribution >= 0.6 is 0 Å². The van der Waals surface area contributed by atoms with Crippen molar-refractivity contribution in [2.45, 2.75) is 45.0 Å². The van der Waals surface area contributed by atoms with Crippen LogP contribution in [0.25, 0.3) is 0 Å². The van der Waals surface area contributed by atoms with Gasteiger partial charge in [0, 0.05) is 39.3 Å². The molecule has 3 atom stereocenters. The lowest BCUT2D eigenvalue weighted by Gasteiger charge is -2.35. The highest BCUT2D eigenvalue weighted by Gasteiger charge is 2.21. The van der Waals surface area contributed by atoms with Gasteiger partial charge in [-0.2, -0.15) is 0 Å². The second-order valence-electron chi connectivity index (χ2n) is 5.36. The van der Waals surface area contributed by atoms with Gasteiger partial charge in [0.05, 0.1) is 18.3 Å². The number of hydrogen-bond donors (Lipinski definition) is 1. The van der Waals surface area contributed by atoms with Gasteiger partial charge in [-0.25, -0.2) is 0 Å². The Bertz CT molecular complexity index is 209. The molecule has 0 aliphatic carbocycles. The summed E-state index contributed by atoms with van der Waals surface area (Å²) in [4.78, 5) is 2.49. The molecule has 17 heavy (non-hydrogen) atoms. The Morgan fingerprint density at radius 2 is 2.00 bits per heavy atom. The monoisotopic (exact) mass is 242 g/mol. The smallest absolute Gasteiger partial charge is 0.0700 e. The first kappa shape index (κ1) is 13.3. The number of ether oxygens (including phenoxy) is 2. The van der Waals surface area contributed by atoms with Gasteiger partial charge in [0.1, 0.15) is 0 Å². The van der Waals surface area contributed by atoms with Crippen LogP contribution in [0.2, 0.25) is 0 Å². The highest BCUT2D eigenvalue weighted by molar-refractivity contribution is 4.74. The lowest BCUT2D eigenvalue weighted by molar-refractivity contribution is -0.0675. The first-order valence-electron chi connectivity index (χ1n) is 6.94. The predicted octanol–water partition coefficient (Wildman–Crippen LogP) is 0.864. The topological polar surface area (TPSA) is 33.7 Å². The Labute approximate surface area is 105 Å². The van der Waals surface area contributed by atoms with Crippen LogP contribution in [0.5, 0.6) is 0 Å². The molecule has 4 heteroatoms. The molecule has 0 aromatic heterocycles. The van der Waals surface area contributed by atoms with Crippen molar-refractivity contribution in [1.29, 1.82) is 0 Å². The molecule has 1 N–H and O–H groups in total. The van der Waals surface area contributed by atoms with Crippen molar-refractivity contribution in [1.82, 2.24) is 10.2 Å². The van der Waals surface area contributed by atoms with Crippen molar-refractivity contribution in [3.63, 3.8) is 0 Å². The van der Waals surface area contributed by atoms with E-state index in [1.54, 1.807) is 0 Å². The minimum atomic E-state index is 0.372. The lowest BCUT2D eigenvalue weighted by atomic mass is 10.2. The third kappa shape index (κ3) is 4.54. The molecular formula is C13H26N2O2. The quantitative estimate of drug-likeness (QED) is 0.725. The third-order valence-corrected chi connectivity index (χ3v) is 3.50. The van der Waals surface area contributed by atoms with Crippen molar-refractivity contribution in [3.05, 3.63) is 0 Å². The summed E-state index contributed by atoms with van der Waals surface area (Å²) in [6.07, 6.45) is 3.65. The maximum absolute atomic E-state index is 5.72. The van der Waals surface area contributed by atoms with Gasteiger partial charge < -0.3 is 14.8 Å². The average molecular weight is 242 g/mol. The largest absolute Gasteiger partial charge is 0.377 e. The highest BCUT2D eigenvalue weighted by atomic mass is 16.5. The van der Waals surface area contributed by atoms with Crippen LogP contribution in [0.4, 0.5) is 0 Å². The maximum Gasteiger partial charge on any atom is 0.0700 e. The van der Waals surface area contributed by atoms with E-state index in [0.29, 0.717) is 18.3 Å². The SMILES string of the molecule is CC1CN(CCNCC2CCCO2)CC(C)O1. The van der Waals surface area contributed by atoms with Crippen molar-refractivity contribution in [2.24, 2.45) is 0 Å². The summed E-state index contributed by atoms with van der Waals surface area (Å²) < 4.78 is 11.3. The number of nitrogens with one attached hydrogen (secondary N) is 1. The van der Waals surface area contributed by atoms with Crippen LogP contribution in [0.3, 0.4) is 0 Å². The molecule has 2 rings (SSSR count). The molecule has 0 saturated carbocycles. The second kappa shape index (κ2) is 6.69. The highest BCUT2D eigenvalue weighted by Crippen LogP contribution is 2.11. The van der Waals surface area contributed by atoms with Gasteiger partial charge in [0.15, 0.2) is 0 Å². The van der Waals surface area contributed by atoms with Crippen molar-refractivity contribution < 1.29 is 9.47 Å². The van der Waals surface area contributed by atoms with Gasteiger partial charge in [0.25, 0.3) is 0 Å². The Morgan fingerprint density at radius 1 is 1.24 bits per heavy atom. The average Bonchev–Trinajstić information content (AvgIpc) is 2.76. The minimum absolute atomic E-state index is 0.372. The van der Waals surface area contributed by atoms with Gasteiger partial charge in [-0.1, -0.05) is 0 Å². The number of nitrogens with zero attached hydrogens (tertiary/aromatic N) is 1.